The van der Waals surface area contributed by atoms with Gasteiger partial charge in [-0.25, -0.2) is 0 Å². The first-order valence-corrected chi connectivity index (χ1v) is 7.96. The molecule has 0 bridgehead atoms. The molecule has 0 radical (unpaired) electrons. The molecule has 0 saturated carbocycles. The van der Waals surface area contributed by atoms with Crippen molar-refractivity contribution in [1.82, 2.24) is 5.32 Å². The molecule has 2 aromatic rings. The monoisotopic (exact) mass is 277 g/mol. The van der Waals surface area contributed by atoms with Gasteiger partial charge >= 0.3 is 0 Å². The maximum absolute atomic E-state index is 11.5. The normalized spacial score (nSPS) is 14.2. The first-order chi connectivity index (χ1) is 9.31. The fourth-order valence-electron chi connectivity index (χ4n) is 1.95. The molecule has 0 fully saturated rings. The summed E-state index contributed by atoms with van der Waals surface area (Å²) < 4.78 is 17.0. The molecular weight excluding hydrogens is 258 g/mol. The van der Waals surface area contributed by atoms with Crippen molar-refractivity contribution < 1.29 is 8.63 Å². The van der Waals surface area contributed by atoms with Crippen LogP contribution in [0.2, 0.25) is 0 Å². The summed E-state index contributed by atoms with van der Waals surface area (Å²) in [5.74, 6) is 2.26. The minimum absolute atomic E-state index is 0.0186. The van der Waals surface area contributed by atoms with Gasteiger partial charge < -0.3 is 9.73 Å². The highest BCUT2D eigenvalue weighted by molar-refractivity contribution is 7.84. The van der Waals surface area contributed by atoms with Gasteiger partial charge in [0, 0.05) is 28.9 Å². The molecule has 0 spiro atoms. The van der Waals surface area contributed by atoms with Crippen LogP contribution in [0.25, 0.3) is 0 Å². The zero-order valence-electron chi connectivity index (χ0n) is 11.0. The summed E-state index contributed by atoms with van der Waals surface area (Å²) in [5, 5.41) is 3.42. The summed E-state index contributed by atoms with van der Waals surface area (Å²) in [4.78, 5) is 0. The van der Waals surface area contributed by atoms with E-state index < -0.39 is 10.8 Å². The smallest absolute Gasteiger partial charge is 0.125 e. The van der Waals surface area contributed by atoms with Crippen LogP contribution in [0.15, 0.2) is 53.1 Å². The van der Waals surface area contributed by atoms with Crippen LogP contribution in [-0.2, 0) is 10.8 Å². The number of rotatable bonds is 7. The summed E-state index contributed by atoms with van der Waals surface area (Å²) in [7, 11) is -0.740. The Balaban J connectivity index is 2.06. The van der Waals surface area contributed by atoms with Crippen LogP contribution in [0.1, 0.15) is 24.3 Å². The standard InChI is InChI=1S/C15H19NO2S/c1-2-19(17)12-10-16-15(14-9-6-11-18-14)13-7-4-3-5-8-13/h3-9,11,15-16H,2,10,12H2,1H3. The van der Waals surface area contributed by atoms with Crippen LogP contribution >= 0.6 is 0 Å². The molecule has 0 aliphatic rings. The minimum atomic E-state index is -0.740. The molecule has 2 atom stereocenters. The van der Waals surface area contributed by atoms with Gasteiger partial charge in [0.25, 0.3) is 0 Å². The molecule has 1 aromatic carbocycles. The Hall–Kier alpha value is -1.39. The Bertz CT molecular complexity index is 496. The lowest BCUT2D eigenvalue weighted by molar-refractivity contribution is 0.452. The average molecular weight is 277 g/mol. The Morgan fingerprint density at radius 2 is 2.00 bits per heavy atom. The maximum Gasteiger partial charge on any atom is 0.125 e. The third-order valence-corrected chi connectivity index (χ3v) is 4.26. The zero-order chi connectivity index (χ0) is 13.5. The number of benzene rings is 1. The molecule has 0 aliphatic heterocycles. The second-order valence-electron chi connectivity index (χ2n) is 4.25. The molecule has 102 valence electrons. The van der Waals surface area contributed by atoms with Gasteiger partial charge in [-0.2, -0.15) is 0 Å². The summed E-state index contributed by atoms with van der Waals surface area (Å²) >= 11 is 0. The molecule has 1 N–H and O–H groups in total. The fraction of sp³-hybridized carbons (Fsp3) is 0.333. The van der Waals surface area contributed by atoms with E-state index in [4.69, 9.17) is 4.42 Å². The van der Waals surface area contributed by atoms with Gasteiger partial charge in [0.2, 0.25) is 0 Å². The molecule has 1 heterocycles. The maximum atomic E-state index is 11.5. The molecule has 1 aromatic heterocycles. The first-order valence-electron chi connectivity index (χ1n) is 6.48. The topological polar surface area (TPSA) is 42.2 Å². The van der Waals surface area contributed by atoms with Gasteiger partial charge in [0.1, 0.15) is 5.76 Å². The van der Waals surface area contributed by atoms with E-state index in [0.717, 1.165) is 11.3 Å². The van der Waals surface area contributed by atoms with Gasteiger partial charge in [0.15, 0.2) is 0 Å². The van der Waals surface area contributed by atoms with Gasteiger partial charge in [-0.05, 0) is 17.7 Å². The molecule has 4 heteroatoms. The van der Waals surface area contributed by atoms with E-state index in [2.05, 4.69) is 17.4 Å². The van der Waals surface area contributed by atoms with Crippen LogP contribution < -0.4 is 5.32 Å². The second kappa shape index (κ2) is 7.26. The number of furan rings is 1. The predicted octanol–water partition coefficient (Wildman–Crippen LogP) is 2.73. The van der Waals surface area contributed by atoms with Crippen LogP contribution in [0.3, 0.4) is 0 Å². The zero-order valence-corrected chi connectivity index (χ0v) is 11.9. The van der Waals surface area contributed by atoms with E-state index in [1.165, 1.54) is 0 Å². The van der Waals surface area contributed by atoms with E-state index in [-0.39, 0.29) is 6.04 Å². The quantitative estimate of drug-likeness (QED) is 0.846. The third-order valence-electron chi connectivity index (χ3n) is 2.96. The fourth-order valence-corrected chi connectivity index (χ4v) is 2.58. The molecule has 0 aliphatic carbocycles. The van der Waals surface area contributed by atoms with Gasteiger partial charge in [0.05, 0.1) is 12.3 Å². The predicted molar refractivity (Wildman–Crippen MR) is 78.5 cm³/mol. The van der Waals surface area contributed by atoms with Gasteiger partial charge in [-0.1, -0.05) is 37.3 Å². The molecular formula is C15H19NO2S. The van der Waals surface area contributed by atoms with Crippen molar-refractivity contribution in [1.29, 1.82) is 0 Å². The van der Waals surface area contributed by atoms with Crippen LogP contribution in [0, 0.1) is 0 Å². The van der Waals surface area contributed by atoms with Crippen LogP contribution in [0.4, 0.5) is 0 Å². The highest BCUT2D eigenvalue weighted by Crippen LogP contribution is 2.21. The SMILES string of the molecule is CCS(=O)CCNC(c1ccccc1)c1ccco1. The molecule has 2 unspecified atom stereocenters. The summed E-state index contributed by atoms with van der Waals surface area (Å²) in [6.07, 6.45) is 1.68. The molecule has 0 amide bonds. The Labute approximate surface area is 116 Å². The van der Waals surface area contributed by atoms with E-state index in [1.54, 1.807) is 6.26 Å². The molecule has 2 rings (SSSR count). The summed E-state index contributed by atoms with van der Waals surface area (Å²) in [6.45, 7) is 2.65. The highest BCUT2D eigenvalue weighted by Gasteiger charge is 2.15. The van der Waals surface area contributed by atoms with Crippen molar-refractivity contribution in [3.63, 3.8) is 0 Å². The van der Waals surface area contributed by atoms with Crippen LogP contribution in [0.5, 0.6) is 0 Å². The lowest BCUT2D eigenvalue weighted by Crippen LogP contribution is -2.26. The molecule has 0 saturated heterocycles. The van der Waals surface area contributed by atoms with E-state index in [9.17, 15) is 4.21 Å². The highest BCUT2D eigenvalue weighted by atomic mass is 32.2. The van der Waals surface area contributed by atoms with E-state index >= 15 is 0 Å². The summed E-state index contributed by atoms with van der Waals surface area (Å²) in [5.41, 5.74) is 1.15. The lowest BCUT2D eigenvalue weighted by Gasteiger charge is -2.16. The van der Waals surface area contributed by atoms with Gasteiger partial charge in [-0.3, -0.25) is 4.21 Å². The third kappa shape index (κ3) is 4.04. The Morgan fingerprint density at radius 1 is 1.21 bits per heavy atom. The molecule has 19 heavy (non-hydrogen) atoms. The van der Waals surface area contributed by atoms with Crippen LogP contribution in [-0.4, -0.2) is 22.3 Å². The number of hydrogen-bond acceptors (Lipinski definition) is 3. The van der Waals surface area contributed by atoms with Crippen molar-refractivity contribution >= 4 is 10.8 Å². The first kappa shape index (κ1) is 14.0. The van der Waals surface area contributed by atoms with Crippen molar-refractivity contribution in [3.05, 3.63) is 60.1 Å². The summed E-state index contributed by atoms with van der Waals surface area (Å²) in [6, 6.07) is 14.0. The number of hydrogen-bond donors (Lipinski definition) is 1. The minimum Gasteiger partial charge on any atom is -0.467 e. The van der Waals surface area contributed by atoms with Crippen molar-refractivity contribution in [2.24, 2.45) is 0 Å². The largest absolute Gasteiger partial charge is 0.467 e. The lowest BCUT2D eigenvalue weighted by atomic mass is 10.0. The van der Waals surface area contributed by atoms with E-state index in [0.29, 0.717) is 18.1 Å². The number of nitrogens with one attached hydrogen (secondary N) is 1. The van der Waals surface area contributed by atoms with Crippen molar-refractivity contribution in [3.8, 4) is 0 Å². The van der Waals surface area contributed by atoms with Crippen molar-refractivity contribution in [2.45, 2.75) is 13.0 Å². The Morgan fingerprint density at radius 3 is 2.63 bits per heavy atom. The van der Waals surface area contributed by atoms with Crippen molar-refractivity contribution in [2.75, 3.05) is 18.1 Å². The average Bonchev–Trinajstić information content (AvgIpc) is 2.98. The van der Waals surface area contributed by atoms with E-state index in [1.807, 2.05) is 37.3 Å². The van der Waals surface area contributed by atoms with Gasteiger partial charge in [-0.15, -0.1) is 0 Å². The second-order valence-corrected chi connectivity index (χ2v) is 6.11. The Kier molecular flexibility index (Phi) is 5.36. The molecule has 3 nitrogen and oxygen atoms in total.